The number of carbonyl (C=O) groups excluding carboxylic acids is 3. The molecule has 0 amide bonds. The summed E-state index contributed by atoms with van der Waals surface area (Å²) in [6, 6.07) is 21.0. The molecule has 5 aromatic rings. The number of unbranched alkanes of at least 4 members (excludes halogenated alkanes) is 1. The third kappa shape index (κ3) is 11.0. The molecule has 18 nitrogen and oxygen atoms in total. The summed E-state index contributed by atoms with van der Waals surface area (Å²) in [5, 5.41) is 22.0. The molecule has 0 saturated heterocycles. The van der Waals surface area contributed by atoms with Crippen LogP contribution in [0.4, 0.5) is 9.59 Å². The van der Waals surface area contributed by atoms with E-state index in [0.29, 0.717) is 23.4 Å². The molecular formula is C36H36ClN7O11. The number of benzene rings is 3. The summed E-state index contributed by atoms with van der Waals surface area (Å²) in [7, 11) is 0. The highest BCUT2D eigenvalue weighted by molar-refractivity contribution is 6.32. The number of nitrogens with zero attached hydrogens (tertiary/aromatic N) is 7. The van der Waals surface area contributed by atoms with E-state index in [1.165, 1.54) is 19.1 Å². The minimum absolute atomic E-state index is 0.0273. The SMILES string of the molecule is CCCCc1nc(Cl)c(C(=O)OC(C)OC(=O)OCC)n1Cc1ccc(-c2ccccc2-c2nnn(COC(=O)Oc3cccc(CO[N+](=O)[O-])c3)n2)cc1. The lowest BCUT2D eigenvalue weighted by atomic mass is 9.98. The van der Waals surface area contributed by atoms with Gasteiger partial charge in [-0.25, -0.2) is 19.4 Å². The summed E-state index contributed by atoms with van der Waals surface area (Å²) in [5.74, 6) is 0.169. The van der Waals surface area contributed by atoms with Crippen molar-refractivity contribution in [2.24, 2.45) is 0 Å². The molecule has 19 heteroatoms. The monoisotopic (exact) mass is 777 g/mol. The van der Waals surface area contributed by atoms with Gasteiger partial charge in [-0.15, -0.1) is 25.1 Å². The molecule has 0 aliphatic carbocycles. The number of esters is 1. The van der Waals surface area contributed by atoms with Crippen LogP contribution in [0.5, 0.6) is 5.75 Å². The molecule has 5 rings (SSSR count). The van der Waals surface area contributed by atoms with Crippen LogP contribution in [0.3, 0.4) is 0 Å². The fourth-order valence-electron chi connectivity index (χ4n) is 5.25. The van der Waals surface area contributed by atoms with E-state index < -0.39 is 36.4 Å². The van der Waals surface area contributed by atoms with Crippen LogP contribution in [0, 0.1) is 10.1 Å². The van der Waals surface area contributed by atoms with E-state index >= 15 is 0 Å². The molecule has 1 unspecified atom stereocenters. The van der Waals surface area contributed by atoms with Crippen LogP contribution in [0.1, 0.15) is 61.1 Å². The van der Waals surface area contributed by atoms with E-state index in [-0.39, 0.29) is 42.2 Å². The highest BCUT2D eigenvalue weighted by Crippen LogP contribution is 2.31. The Kier molecular flexibility index (Phi) is 13.7. The first kappa shape index (κ1) is 39.6. The van der Waals surface area contributed by atoms with Crippen molar-refractivity contribution in [3.63, 3.8) is 0 Å². The minimum atomic E-state index is -1.23. The van der Waals surface area contributed by atoms with Crippen LogP contribution in [-0.2, 0) is 50.1 Å². The first-order chi connectivity index (χ1) is 26.5. The lowest BCUT2D eigenvalue weighted by Crippen LogP contribution is -2.24. The number of hydrogen-bond acceptors (Lipinski definition) is 15. The Morgan fingerprint density at radius 3 is 2.42 bits per heavy atom. The average Bonchev–Trinajstić information content (AvgIpc) is 3.76. The Morgan fingerprint density at radius 2 is 1.69 bits per heavy atom. The largest absolute Gasteiger partial charge is 0.515 e. The van der Waals surface area contributed by atoms with Gasteiger partial charge in [0.25, 0.3) is 5.09 Å². The van der Waals surface area contributed by atoms with Gasteiger partial charge in [-0.3, -0.25) is 0 Å². The number of aromatic nitrogens is 6. The van der Waals surface area contributed by atoms with Gasteiger partial charge in [0.15, 0.2) is 10.8 Å². The van der Waals surface area contributed by atoms with Crippen LogP contribution < -0.4 is 4.74 Å². The molecule has 3 aromatic carbocycles. The first-order valence-electron chi connectivity index (χ1n) is 17.0. The van der Waals surface area contributed by atoms with E-state index in [4.69, 9.17) is 35.3 Å². The summed E-state index contributed by atoms with van der Waals surface area (Å²) in [4.78, 5) is 57.6. The van der Waals surface area contributed by atoms with Crippen molar-refractivity contribution in [2.75, 3.05) is 6.61 Å². The molecule has 0 bridgehead atoms. The Hall–Kier alpha value is -6.56. The number of imidazole rings is 1. The normalized spacial score (nSPS) is 11.3. The topological polar surface area (TPSA) is 211 Å². The molecule has 55 heavy (non-hydrogen) atoms. The van der Waals surface area contributed by atoms with Gasteiger partial charge >= 0.3 is 18.3 Å². The van der Waals surface area contributed by atoms with Crippen LogP contribution in [0.25, 0.3) is 22.5 Å². The first-order valence-corrected chi connectivity index (χ1v) is 17.4. The smallest absolute Gasteiger partial charge is 0.435 e. The van der Waals surface area contributed by atoms with Crippen LogP contribution in [0.15, 0.2) is 72.8 Å². The van der Waals surface area contributed by atoms with E-state index in [9.17, 15) is 24.5 Å². The van der Waals surface area contributed by atoms with Gasteiger partial charge in [0.2, 0.25) is 18.8 Å². The predicted octanol–water partition coefficient (Wildman–Crippen LogP) is 6.81. The lowest BCUT2D eigenvalue weighted by Gasteiger charge is -2.16. The van der Waals surface area contributed by atoms with Crippen molar-refractivity contribution >= 4 is 29.9 Å². The van der Waals surface area contributed by atoms with Crippen molar-refractivity contribution in [3.8, 4) is 28.3 Å². The molecule has 0 aliphatic heterocycles. The zero-order chi connectivity index (χ0) is 39.3. The molecule has 0 N–H and O–H groups in total. The van der Waals surface area contributed by atoms with E-state index in [2.05, 4.69) is 25.2 Å². The number of carbonyl (C=O) groups is 3. The van der Waals surface area contributed by atoms with Crippen molar-refractivity contribution in [3.05, 3.63) is 111 Å². The summed E-state index contributed by atoms with van der Waals surface area (Å²) >= 11 is 6.47. The van der Waals surface area contributed by atoms with Gasteiger partial charge in [0, 0.05) is 25.5 Å². The Balaban J connectivity index is 1.27. The summed E-state index contributed by atoms with van der Waals surface area (Å²) in [6.45, 7) is 4.69. The molecule has 0 fully saturated rings. The maximum atomic E-state index is 13.3. The van der Waals surface area contributed by atoms with Gasteiger partial charge < -0.3 is 33.1 Å². The number of hydrogen-bond donors (Lipinski definition) is 0. The summed E-state index contributed by atoms with van der Waals surface area (Å²) < 4.78 is 27.1. The maximum Gasteiger partial charge on any atom is 0.515 e. The fraction of sp³-hybridized carbons (Fsp3) is 0.306. The summed E-state index contributed by atoms with van der Waals surface area (Å²) in [6.07, 6.45) is -0.968. The van der Waals surface area contributed by atoms with Gasteiger partial charge in [-0.1, -0.05) is 85.6 Å². The Morgan fingerprint density at radius 1 is 0.927 bits per heavy atom. The van der Waals surface area contributed by atoms with Crippen LogP contribution in [0.2, 0.25) is 5.15 Å². The number of rotatable bonds is 17. The van der Waals surface area contributed by atoms with E-state index in [1.807, 2.05) is 55.5 Å². The molecule has 288 valence electrons. The van der Waals surface area contributed by atoms with Gasteiger partial charge in [-0.05, 0) is 52.9 Å². The van der Waals surface area contributed by atoms with E-state index in [1.54, 1.807) is 23.6 Å². The maximum absolute atomic E-state index is 13.3. The van der Waals surface area contributed by atoms with Crippen molar-refractivity contribution < 1.29 is 48.0 Å². The minimum Gasteiger partial charge on any atom is -0.435 e. The zero-order valence-electron chi connectivity index (χ0n) is 30.0. The molecule has 1 atom stereocenters. The van der Waals surface area contributed by atoms with Crippen molar-refractivity contribution in [1.29, 1.82) is 0 Å². The fourth-order valence-corrected chi connectivity index (χ4v) is 5.52. The molecular weight excluding hydrogens is 742 g/mol. The Labute approximate surface area is 318 Å². The standard InChI is InChI=1S/C36H36ClN7O11/c1-4-6-14-30-38-32(37)31(34(45)53-23(3)54-35(46)50-5-2)42(30)20-24-15-17-26(18-16-24)28-12-7-8-13-29(28)33-39-41-43(40-33)22-51-36(47)55-27-11-9-10-25(19-27)21-52-44(48)49/h7-13,15-19,23H,4-6,14,20-22H2,1-3H3. The third-order valence-electron chi connectivity index (χ3n) is 7.71. The van der Waals surface area contributed by atoms with Crippen molar-refractivity contribution in [2.45, 2.75) is 66.2 Å². The average molecular weight is 778 g/mol. The molecule has 0 saturated carbocycles. The van der Waals surface area contributed by atoms with Crippen LogP contribution in [-0.4, -0.2) is 66.0 Å². The zero-order valence-corrected chi connectivity index (χ0v) is 30.7. The van der Waals surface area contributed by atoms with Gasteiger partial charge in [0.1, 0.15) is 18.2 Å². The second-order valence-electron chi connectivity index (χ2n) is 11.6. The quantitative estimate of drug-likeness (QED) is 0.0237. The summed E-state index contributed by atoms with van der Waals surface area (Å²) in [5.41, 5.74) is 3.57. The van der Waals surface area contributed by atoms with Gasteiger partial charge in [0.05, 0.1) is 6.61 Å². The van der Waals surface area contributed by atoms with Crippen LogP contribution >= 0.6 is 11.6 Å². The highest BCUT2D eigenvalue weighted by Gasteiger charge is 2.26. The van der Waals surface area contributed by atoms with Crippen molar-refractivity contribution in [1.82, 2.24) is 29.8 Å². The Bertz CT molecular complexity index is 2120. The van der Waals surface area contributed by atoms with E-state index in [0.717, 1.165) is 34.3 Å². The second kappa shape index (κ2) is 19.0. The number of halogens is 1. The second-order valence-corrected chi connectivity index (χ2v) is 12.0. The predicted molar refractivity (Wildman–Crippen MR) is 192 cm³/mol. The number of ether oxygens (including phenoxy) is 5. The molecule has 0 radical (unpaired) electrons. The lowest BCUT2D eigenvalue weighted by molar-refractivity contribution is -0.763. The number of aryl methyl sites for hydroxylation is 1. The molecule has 2 aromatic heterocycles. The third-order valence-corrected chi connectivity index (χ3v) is 7.97. The highest BCUT2D eigenvalue weighted by atomic mass is 35.5. The number of tetrazole rings is 1. The molecule has 0 aliphatic rings. The van der Waals surface area contributed by atoms with Gasteiger partial charge in [-0.2, -0.15) is 0 Å². The molecule has 2 heterocycles. The molecule has 0 spiro atoms.